The van der Waals surface area contributed by atoms with Gasteiger partial charge in [0.05, 0.1) is 5.69 Å². The Balaban J connectivity index is 2.01. The summed E-state index contributed by atoms with van der Waals surface area (Å²) in [7, 11) is 1.88. The molecule has 0 aliphatic heterocycles. The minimum absolute atomic E-state index is 0.408. The highest BCUT2D eigenvalue weighted by atomic mass is 35.5. The van der Waals surface area contributed by atoms with Gasteiger partial charge in [0, 0.05) is 19.1 Å². The summed E-state index contributed by atoms with van der Waals surface area (Å²) < 4.78 is 1.73. The van der Waals surface area contributed by atoms with Gasteiger partial charge >= 0.3 is 0 Å². The van der Waals surface area contributed by atoms with Gasteiger partial charge in [-0.05, 0) is 31.2 Å². The summed E-state index contributed by atoms with van der Waals surface area (Å²) in [6.07, 6.45) is 3.82. The molecule has 3 nitrogen and oxygen atoms in total. The van der Waals surface area contributed by atoms with Crippen molar-refractivity contribution >= 4 is 11.6 Å². The van der Waals surface area contributed by atoms with Crippen molar-refractivity contribution in [2.45, 2.75) is 19.8 Å². The molecule has 0 N–H and O–H groups in total. The van der Waals surface area contributed by atoms with Crippen LogP contribution in [0, 0.1) is 12.8 Å². The zero-order chi connectivity index (χ0) is 13.0. The number of hydrogen-bond donors (Lipinski definition) is 0. The van der Waals surface area contributed by atoms with Crippen LogP contribution in [0.1, 0.15) is 16.8 Å². The normalized spacial score (nSPS) is 12.6. The molecular weight excluding hydrogens is 246 g/mol. The molecule has 0 aliphatic carbocycles. The number of halogens is 1. The van der Waals surface area contributed by atoms with Gasteiger partial charge < -0.3 is 0 Å². The molecular formula is C14H18ClN3. The number of benzene rings is 1. The first-order valence-electron chi connectivity index (χ1n) is 6.14. The van der Waals surface area contributed by atoms with Gasteiger partial charge in [0.1, 0.15) is 0 Å². The zero-order valence-corrected chi connectivity index (χ0v) is 11.6. The van der Waals surface area contributed by atoms with Crippen molar-refractivity contribution in [1.82, 2.24) is 15.0 Å². The third-order valence-electron chi connectivity index (χ3n) is 2.97. The molecule has 1 unspecified atom stereocenters. The average Bonchev–Trinajstić information content (AvgIpc) is 2.74. The van der Waals surface area contributed by atoms with Crippen molar-refractivity contribution in [3.63, 3.8) is 0 Å². The van der Waals surface area contributed by atoms with E-state index in [1.54, 1.807) is 4.68 Å². The number of aromatic nitrogens is 3. The molecule has 0 amide bonds. The van der Waals surface area contributed by atoms with Crippen LogP contribution in [0.15, 0.2) is 30.5 Å². The minimum atomic E-state index is 0.408. The molecule has 0 radical (unpaired) electrons. The molecule has 0 fully saturated rings. The molecule has 96 valence electrons. The monoisotopic (exact) mass is 263 g/mol. The van der Waals surface area contributed by atoms with Crippen molar-refractivity contribution in [2.75, 3.05) is 5.88 Å². The van der Waals surface area contributed by atoms with Crippen LogP contribution in [-0.2, 0) is 19.9 Å². The molecule has 0 saturated carbocycles. The maximum absolute atomic E-state index is 6.06. The van der Waals surface area contributed by atoms with Crippen LogP contribution in [0.2, 0.25) is 0 Å². The van der Waals surface area contributed by atoms with Crippen molar-refractivity contribution < 1.29 is 0 Å². The van der Waals surface area contributed by atoms with E-state index in [0.717, 1.165) is 18.5 Å². The van der Waals surface area contributed by atoms with E-state index in [0.29, 0.717) is 11.8 Å². The second-order valence-corrected chi connectivity index (χ2v) is 5.11. The Bertz CT molecular complexity index is 507. The van der Waals surface area contributed by atoms with Gasteiger partial charge in [-0.3, -0.25) is 4.68 Å². The molecule has 0 aliphatic rings. The summed E-state index contributed by atoms with van der Waals surface area (Å²) in [5.74, 6) is 1.05. The zero-order valence-electron chi connectivity index (χ0n) is 10.8. The summed E-state index contributed by atoms with van der Waals surface area (Å²) in [6, 6.07) is 8.58. The number of alkyl halides is 1. The van der Waals surface area contributed by atoms with Crippen LogP contribution in [0.5, 0.6) is 0 Å². The number of nitrogens with zero attached hydrogens (tertiary/aromatic N) is 3. The Morgan fingerprint density at radius 2 is 2.17 bits per heavy atom. The molecule has 0 bridgehead atoms. The second kappa shape index (κ2) is 6.01. The SMILES string of the molecule is Cc1cccc(CC(CCl)Cc2cn(C)nn2)c1. The topological polar surface area (TPSA) is 30.7 Å². The number of aryl methyl sites for hydroxylation is 2. The first-order chi connectivity index (χ1) is 8.67. The number of hydrogen-bond acceptors (Lipinski definition) is 2. The second-order valence-electron chi connectivity index (χ2n) is 4.80. The Labute approximate surface area is 113 Å². The van der Waals surface area contributed by atoms with Gasteiger partial charge in [0.2, 0.25) is 0 Å². The molecule has 1 heterocycles. The van der Waals surface area contributed by atoms with E-state index in [1.165, 1.54) is 11.1 Å². The molecule has 1 aromatic heterocycles. The van der Waals surface area contributed by atoms with E-state index in [1.807, 2.05) is 13.2 Å². The van der Waals surface area contributed by atoms with Gasteiger partial charge in [0.25, 0.3) is 0 Å². The first-order valence-corrected chi connectivity index (χ1v) is 6.67. The summed E-state index contributed by atoms with van der Waals surface area (Å²) in [5, 5.41) is 8.07. The standard InChI is InChI=1S/C14H18ClN3/c1-11-4-3-5-12(6-11)7-13(9-15)8-14-10-18(2)17-16-14/h3-6,10,13H,7-9H2,1-2H3. The predicted octanol–water partition coefficient (Wildman–Crippen LogP) is 2.76. The van der Waals surface area contributed by atoms with E-state index in [9.17, 15) is 0 Å². The van der Waals surface area contributed by atoms with Crippen LogP contribution in [0.25, 0.3) is 0 Å². The molecule has 1 atom stereocenters. The predicted molar refractivity (Wildman–Crippen MR) is 73.8 cm³/mol. The molecule has 2 rings (SSSR count). The smallest absolute Gasteiger partial charge is 0.0830 e. The summed E-state index contributed by atoms with van der Waals surface area (Å²) in [6.45, 7) is 2.11. The largest absolute Gasteiger partial charge is 0.255 e. The fourth-order valence-electron chi connectivity index (χ4n) is 2.14. The molecule has 1 aromatic carbocycles. The van der Waals surface area contributed by atoms with Gasteiger partial charge in [-0.25, -0.2) is 0 Å². The average molecular weight is 264 g/mol. The van der Waals surface area contributed by atoms with Crippen molar-refractivity contribution in [1.29, 1.82) is 0 Å². The van der Waals surface area contributed by atoms with Crippen LogP contribution in [-0.4, -0.2) is 20.9 Å². The first kappa shape index (κ1) is 13.1. The quantitative estimate of drug-likeness (QED) is 0.777. The summed E-state index contributed by atoms with van der Waals surface area (Å²) >= 11 is 6.06. The van der Waals surface area contributed by atoms with Crippen LogP contribution >= 0.6 is 11.6 Å². The van der Waals surface area contributed by atoms with E-state index < -0.39 is 0 Å². The van der Waals surface area contributed by atoms with Crippen LogP contribution in [0.3, 0.4) is 0 Å². The Hall–Kier alpha value is -1.35. The van der Waals surface area contributed by atoms with Crippen molar-refractivity contribution in [3.8, 4) is 0 Å². The third kappa shape index (κ3) is 3.57. The van der Waals surface area contributed by atoms with Crippen molar-refractivity contribution in [2.24, 2.45) is 13.0 Å². The molecule has 0 spiro atoms. The van der Waals surface area contributed by atoms with Crippen molar-refractivity contribution in [3.05, 3.63) is 47.3 Å². The Morgan fingerprint density at radius 1 is 1.33 bits per heavy atom. The molecule has 18 heavy (non-hydrogen) atoms. The van der Waals surface area contributed by atoms with Crippen LogP contribution in [0.4, 0.5) is 0 Å². The molecule has 0 saturated heterocycles. The molecule has 2 aromatic rings. The summed E-state index contributed by atoms with van der Waals surface area (Å²) in [4.78, 5) is 0. The van der Waals surface area contributed by atoms with Gasteiger partial charge in [-0.2, -0.15) is 0 Å². The van der Waals surface area contributed by atoms with Gasteiger partial charge in [-0.1, -0.05) is 35.0 Å². The highest BCUT2D eigenvalue weighted by Crippen LogP contribution is 2.16. The Kier molecular flexibility index (Phi) is 4.37. The van der Waals surface area contributed by atoms with E-state index in [-0.39, 0.29) is 0 Å². The third-order valence-corrected chi connectivity index (χ3v) is 3.41. The lowest BCUT2D eigenvalue weighted by Gasteiger charge is -2.12. The van der Waals surface area contributed by atoms with Gasteiger partial charge in [-0.15, -0.1) is 16.7 Å². The minimum Gasteiger partial charge on any atom is -0.255 e. The lowest BCUT2D eigenvalue weighted by molar-refractivity contribution is 0.574. The molecule has 4 heteroatoms. The summed E-state index contributed by atoms with van der Waals surface area (Å²) in [5.41, 5.74) is 3.64. The highest BCUT2D eigenvalue weighted by Gasteiger charge is 2.12. The lowest BCUT2D eigenvalue weighted by Crippen LogP contribution is -2.10. The van der Waals surface area contributed by atoms with Gasteiger partial charge in [0.15, 0.2) is 0 Å². The fraction of sp³-hybridized carbons (Fsp3) is 0.429. The highest BCUT2D eigenvalue weighted by molar-refractivity contribution is 6.18. The van der Waals surface area contributed by atoms with Crippen LogP contribution < -0.4 is 0 Å². The van der Waals surface area contributed by atoms with E-state index >= 15 is 0 Å². The Morgan fingerprint density at radius 3 is 2.78 bits per heavy atom. The lowest BCUT2D eigenvalue weighted by atomic mass is 9.96. The maximum atomic E-state index is 6.06. The fourth-order valence-corrected chi connectivity index (χ4v) is 2.36. The van der Waals surface area contributed by atoms with E-state index in [2.05, 4.69) is 41.5 Å². The van der Waals surface area contributed by atoms with E-state index in [4.69, 9.17) is 11.6 Å². The number of rotatable bonds is 5. The maximum Gasteiger partial charge on any atom is 0.0830 e.